The van der Waals surface area contributed by atoms with E-state index in [2.05, 4.69) is 5.32 Å². The lowest BCUT2D eigenvalue weighted by Gasteiger charge is -2.10. The summed E-state index contributed by atoms with van der Waals surface area (Å²) >= 11 is 5.10. The van der Waals surface area contributed by atoms with Gasteiger partial charge in [-0.05, 0) is 26.0 Å². The molecule has 0 fully saturated rings. The molecule has 2 rings (SSSR count). The minimum absolute atomic E-state index is 0.0134. The molecule has 120 valence electrons. The molecule has 0 aliphatic heterocycles. The van der Waals surface area contributed by atoms with Gasteiger partial charge in [0, 0.05) is 5.56 Å². The summed E-state index contributed by atoms with van der Waals surface area (Å²) in [5.41, 5.74) is 2.62. The second-order valence-corrected chi connectivity index (χ2v) is 7.16. The lowest BCUT2D eigenvalue weighted by Crippen LogP contribution is -2.42. The van der Waals surface area contributed by atoms with Crippen LogP contribution < -0.4 is 10.0 Å². The number of thiocarbonyl (C=S) groups is 1. The number of carbonyl (C=O) groups is 1. The zero-order valence-electron chi connectivity index (χ0n) is 12.7. The molecule has 0 radical (unpaired) electrons. The van der Waals surface area contributed by atoms with Crippen LogP contribution in [0, 0.1) is 13.8 Å². The molecule has 0 atom stereocenters. The zero-order chi connectivity index (χ0) is 17.0. The van der Waals surface area contributed by atoms with Crippen molar-refractivity contribution in [3.8, 4) is 0 Å². The Labute approximate surface area is 140 Å². The Balaban J connectivity index is 2.05. The van der Waals surface area contributed by atoms with E-state index >= 15 is 0 Å². The van der Waals surface area contributed by atoms with Gasteiger partial charge >= 0.3 is 6.03 Å². The number of aryl methyl sites for hydroxylation is 2. The van der Waals surface area contributed by atoms with Crippen LogP contribution in [0.1, 0.15) is 16.7 Å². The standard InChI is InChI=1S/C16H16N2O3S2/c1-11-3-7-13(8-4-11)15(22)17-16(19)18-23(20,21)14-9-5-12(2)6-10-14/h3-10H,1-2H3,(H2,17,18,19,22). The zero-order valence-corrected chi connectivity index (χ0v) is 14.3. The van der Waals surface area contributed by atoms with Crippen LogP contribution in [0.4, 0.5) is 4.79 Å². The highest BCUT2D eigenvalue weighted by Crippen LogP contribution is 2.10. The number of carbonyl (C=O) groups excluding carboxylic acids is 1. The van der Waals surface area contributed by atoms with Gasteiger partial charge in [-0.3, -0.25) is 5.32 Å². The number of rotatable bonds is 3. The predicted octanol–water partition coefficient (Wildman–Crippen LogP) is 2.67. The van der Waals surface area contributed by atoms with Gasteiger partial charge in [-0.25, -0.2) is 17.9 Å². The molecule has 0 bridgehead atoms. The van der Waals surface area contributed by atoms with Gasteiger partial charge in [-0.15, -0.1) is 0 Å². The molecular formula is C16H16N2O3S2. The quantitative estimate of drug-likeness (QED) is 0.836. The topological polar surface area (TPSA) is 75.3 Å². The maximum atomic E-state index is 12.1. The van der Waals surface area contributed by atoms with E-state index < -0.39 is 16.1 Å². The van der Waals surface area contributed by atoms with Gasteiger partial charge < -0.3 is 0 Å². The minimum Gasteiger partial charge on any atom is -0.297 e. The molecule has 0 saturated carbocycles. The highest BCUT2D eigenvalue weighted by atomic mass is 32.2. The van der Waals surface area contributed by atoms with E-state index in [9.17, 15) is 13.2 Å². The maximum Gasteiger partial charge on any atom is 0.333 e. The first-order chi connectivity index (χ1) is 10.8. The summed E-state index contributed by atoms with van der Waals surface area (Å²) in [4.78, 5) is 12.0. The third-order valence-electron chi connectivity index (χ3n) is 3.10. The van der Waals surface area contributed by atoms with E-state index in [-0.39, 0.29) is 9.88 Å². The predicted molar refractivity (Wildman–Crippen MR) is 92.9 cm³/mol. The summed E-state index contributed by atoms with van der Waals surface area (Å²) < 4.78 is 26.1. The highest BCUT2D eigenvalue weighted by molar-refractivity contribution is 7.90. The third kappa shape index (κ3) is 4.61. The average molecular weight is 348 g/mol. The molecule has 7 heteroatoms. The normalized spacial score (nSPS) is 10.9. The van der Waals surface area contributed by atoms with Crippen molar-refractivity contribution in [2.75, 3.05) is 0 Å². The molecule has 0 aliphatic rings. The van der Waals surface area contributed by atoms with Gasteiger partial charge in [0.05, 0.1) is 4.90 Å². The lowest BCUT2D eigenvalue weighted by molar-refractivity contribution is 0.250. The second-order valence-electron chi connectivity index (χ2n) is 5.07. The molecule has 2 aromatic carbocycles. The fourth-order valence-electron chi connectivity index (χ4n) is 1.80. The molecule has 2 N–H and O–H groups in total. The Hall–Kier alpha value is -2.25. The molecule has 0 heterocycles. The number of amides is 2. The van der Waals surface area contributed by atoms with Crippen LogP contribution in [0.25, 0.3) is 0 Å². The van der Waals surface area contributed by atoms with Crippen molar-refractivity contribution >= 4 is 33.3 Å². The van der Waals surface area contributed by atoms with Crippen LogP contribution >= 0.6 is 12.2 Å². The molecule has 5 nitrogen and oxygen atoms in total. The Morgan fingerprint density at radius 3 is 1.91 bits per heavy atom. The van der Waals surface area contributed by atoms with E-state index in [1.165, 1.54) is 12.1 Å². The Morgan fingerprint density at radius 1 is 0.913 bits per heavy atom. The average Bonchev–Trinajstić information content (AvgIpc) is 2.47. The molecule has 0 unspecified atom stereocenters. The summed E-state index contributed by atoms with van der Waals surface area (Å²) in [5.74, 6) is 0. The summed E-state index contributed by atoms with van der Waals surface area (Å²) in [5, 5.41) is 2.36. The highest BCUT2D eigenvalue weighted by Gasteiger charge is 2.18. The smallest absolute Gasteiger partial charge is 0.297 e. The van der Waals surface area contributed by atoms with Gasteiger partial charge in [0.2, 0.25) is 0 Å². The summed E-state index contributed by atoms with van der Waals surface area (Å²) in [6.07, 6.45) is 0. The van der Waals surface area contributed by atoms with Crippen molar-refractivity contribution < 1.29 is 13.2 Å². The summed E-state index contributed by atoms with van der Waals surface area (Å²) in [6.45, 7) is 3.78. The van der Waals surface area contributed by atoms with Crippen LogP contribution in [-0.2, 0) is 10.0 Å². The molecule has 0 saturated heterocycles. The van der Waals surface area contributed by atoms with Crippen molar-refractivity contribution in [1.29, 1.82) is 0 Å². The molecule has 0 spiro atoms. The van der Waals surface area contributed by atoms with Gasteiger partial charge in [0.15, 0.2) is 0 Å². The Kier molecular flexibility index (Phi) is 5.12. The fraction of sp³-hybridized carbons (Fsp3) is 0.125. The number of benzene rings is 2. The van der Waals surface area contributed by atoms with Crippen LogP contribution in [0.3, 0.4) is 0 Å². The number of hydrogen-bond donors (Lipinski definition) is 2. The first kappa shape index (κ1) is 17.1. The summed E-state index contributed by atoms with van der Waals surface area (Å²) in [6, 6.07) is 12.5. The van der Waals surface area contributed by atoms with Gasteiger partial charge in [-0.1, -0.05) is 59.7 Å². The molecule has 0 aromatic heterocycles. The first-order valence-corrected chi connectivity index (χ1v) is 8.68. The van der Waals surface area contributed by atoms with Gasteiger partial charge in [0.1, 0.15) is 4.99 Å². The van der Waals surface area contributed by atoms with E-state index in [1.807, 2.05) is 30.7 Å². The largest absolute Gasteiger partial charge is 0.333 e. The van der Waals surface area contributed by atoms with E-state index in [4.69, 9.17) is 12.2 Å². The molecule has 2 amide bonds. The lowest BCUT2D eigenvalue weighted by atomic mass is 10.1. The monoisotopic (exact) mass is 348 g/mol. The van der Waals surface area contributed by atoms with Crippen LogP contribution in [-0.4, -0.2) is 19.4 Å². The number of hydrogen-bond acceptors (Lipinski definition) is 4. The van der Waals surface area contributed by atoms with Crippen molar-refractivity contribution in [2.24, 2.45) is 0 Å². The molecule has 0 aliphatic carbocycles. The van der Waals surface area contributed by atoms with Gasteiger partial charge in [0.25, 0.3) is 10.0 Å². The van der Waals surface area contributed by atoms with E-state index in [1.54, 1.807) is 24.3 Å². The van der Waals surface area contributed by atoms with E-state index in [0.29, 0.717) is 5.56 Å². The Morgan fingerprint density at radius 2 is 1.39 bits per heavy atom. The molecular weight excluding hydrogens is 332 g/mol. The van der Waals surface area contributed by atoms with E-state index in [0.717, 1.165) is 11.1 Å². The van der Waals surface area contributed by atoms with Crippen LogP contribution in [0.5, 0.6) is 0 Å². The number of sulfonamides is 1. The number of urea groups is 1. The third-order valence-corrected chi connectivity index (χ3v) is 4.78. The maximum absolute atomic E-state index is 12.1. The molecule has 23 heavy (non-hydrogen) atoms. The van der Waals surface area contributed by atoms with Crippen LogP contribution in [0.15, 0.2) is 53.4 Å². The second kappa shape index (κ2) is 6.89. The van der Waals surface area contributed by atoms with Crippen molar-refractivity contribution in [1.82, 2.24) is 10.0 Å². The first-order valence-electron chi connectivity index (χ1n) is 6.79. The van der Waals surface area contributed by atoms with Crippen molar-refractivity contribution in [3.05, 3.63) is 65.2 Å². The van der Waals surface area contributed by atoms with Gasteiger partial charge in [-0.2, -0.15) is 0 Å². The van der Waals surface area contributed by atoms with Crippen molar-refractivity contribution in [3.63, 3.8) is 0 Å². The summed E-state index contributed by atoms with van der Waals surface area (Å²) in [7, 11) is -3.93. The number of nitrogens with one attached hydrogen (secondary N) is 2. The SMILES string of the molecule is Cc1ccc(C(=S)NC(=O)NS(=O)(=O)c2ccc(C)cc2)cc1. The van der Waals surface area contributed by atoms with Crippen molar-refractivity contribution in [2.45, 2.75) is 18.7 Å². The molecule has 2 aromatic rings. The minimum atomic E-state index is -3.93. The Bertz CT molecular complexity index is 827. The van der Waals surface area contributed by atoms with Crippen LogP contribution in [0.2, 0.25) is 0 Å². The fourth-order valence-corrected chi connectivity index (χ4v) is 2.94.